The van der Waals surface area contributed by atoms with Gasteiger partial charge in [-0.05, 0) is 24.7 Å². The van der Waals surface area contributed by atoms with Gasteiger partial charge in [0.05, 0.1) is 6.61 Å². The minimum Gasteiger partial charge on any atom is -0.395 e. The molecule has 2 nitrogen and oxygen atoms in total. The fraction of sp³-hybridized carbons (Fsp3) is 1.00. The van der Waals surface area contributed by atoms with Crippen LogP contribution in [0.3, 0.4) is 0 Å². The highest BCUT2D eigenvalue weighted by Crippen LogP contribution is 2.15. The van der Waals surface area contributed by atoms with Crippen LogP contribution in [0.15, 0.2) is 0 Å². The summed E-state index contributed by atoms with van der Waals surface area (Å²) in [5, 5.41) is 8.69. The van der Waals surface area contributed by atoms with Crippen molar-refractivity contribution in [3.05, 3.63) is 0 Å². The molecule has 68 valence electrons. The molecule has 2 unspecified atom stereocenters. The van der Waals surface area contributed by atoms with Crippen molar-refractivity contribution in [2.75, 3.05) is 6.61 Å². The van der Waals surface area contributed by atoms with Gasteiger partial charge in [0.25, 0.3) is 0 Å². The minimum atomic E-state index is -0.0243. The standard InChI is InChI=1S/C9H21NO/c1-7(2)4-8(3)5-9(10)6-11/h7-9,11H,4-6,10H2,1-3H3. The maximum atomic E-state index is 8.69. The van der Waals surface area contributed by atoms with Crippen LogP contribution < -0.4 is 5.73 Å². The molecule has 2 atom stereocenters. The molecule has 0 fully saturated rings. The van der Waals surface area contributed by atoms with Gasteiger partial charge in [0, 0.05) is 6.04 Å². The van der Waals surface area contributed by atoms with E-state index in [9.17, 15) is 0 Å². The van der Waals surface area contributed by atoms with Gasteiger partial charge in [-0.2, -0.15) is 0 Å². The van der Waals surface area contributed by atoms with Crippen molar-refractivity contribution in [1.29, 1.82) is 0 Å². The van der Waals surface area contributed by atoms with E-state index in [1.807, 2.05) is 0 Å². The number of nitrogens with two attached hydrogens (primary N) is 1. The molecule has 0 rings (SSSR count). The predicted molar refractivity (Wildman–Crippen MR) is 48.3 cm³/mol. The number of hydrogen-bond acceptors (Lipinski definition) is 2. The van der Waals surface area contributed by atoms with E-state index < -0.39 is 0 Å². The van der Waals surface area contributed by atoms with Crippen molar-refractivity contribution in [3.8, 4) is 0 Å². The van der Waals surface area contributed by atoms with Gasteiger partial charge in [-0.3, -0.25) is 0 Å². The number of hydrogen-bond donors (Lipinski definition) is 2. The molecule has 0 spiro atoms. The van der Waals surface area contributed by atoms with E-state index in [0.29, 0.717) is 5.92 Å². The lowest BCUT2D eigenvalue weighted by atomic mass is 9.93. The monoisotopic (exact) mass is 159 g/mol. The first-order chi connectivity index (χ1) is 5.06. The molecule has 3 N–H and O–H groups in total. The third-order valence-corrected chi connectivity index (χ3v) is 1.81. The molecule has 0 saturated heterocycles. The Morgan fingerprint density at radius 1 is 1.18 bits per heavy atom. The average Bonchev–Trinajstić information content (AvgIpc) is 1.85. The molecule has 0 heterocycles. The molecule has 0 aliphatic heterocycles. The minimum absolute atomic E-state index is 0.0243. The summed E-state index contributed by atoms with van der Waals surface area (Å²) in [6, 6.07) is -0.0243. The zero-order valence-electron chi connectivity index (χ0n) is 7.88. The Hall–Kier alpha value is -0.0800. The highest BCUT2D eigenvalue weighted by molar-refractivity contribution is 4.65. The summed E-state index contributed by atoms with van der Waals surface area (Å²) in [5.74, 6) is 1.37. The Kier molecular flexibility index (Phi) is 5.51. The Morgan fingerprint density at radius 3 is 2.09 bits per heavy atom. The van der Waals surface area contributed by atoms with E-state index in [1.54, 1.807) is 0 Å². The zero-order valence-corrected chi connectivity index (χ0v) is 7.88. The second-order valence-corrected chi connectivity index (χ2v) is 3.91. The van der Waals surface area contributed by atoms with Crippen LogP contribution in [0.1, 0.15) is 33.6 Å². The molecule has 0 aromatic carbocycles. The van der Waals surface area contributed by atoms with Gasteiger partial charge in [-0.1, -0.05) is 20.8 Å². The maximum Gasteiger partial charge on any atom is 0.0582 e. The highest BCUT2D eigenvalue weighted by atomic mass is 16.3. The van der Waals surface area contributed by atoms with Crippen LogP contribution in [-0.4, -0.2) is 17.8 Å². The molecule has 0 aliphatic carbocycles. The van der Waals surface area contributed by atoms with Gasteiger partial charge in [0.1, 0.15) is 0 Å². The Bertz CT molecular complexity index is 93.6. The maximum absolute atomic E-state index is 8.69. The van der Waals surface area contributed by atoms with Gasteiger partial charge in [-0.15, -0.1) is 0 Å². The summed E-state index contributed by atoms with van der Waals surface area (Å²) in [5.41, 5.74) is 5.60. The van der Waals surface area contributed by atoms with E-state index in [2.05, 4.69) is 20.8 Å². The average molecular weight is 159 g/mol. The van der Waals surface area contributed by atoms with E-state index in [0.717, 1.165) is 12.3 Å². The predicted octanol–water partition coefficient (Wildman–Crippen LogP) is 1.38. The molecular formula is C9H21NO. The van der Waals surface area contributed by atoms with Gasteiger partial charge < -0.3 is 10.8 Å². The number of aliphatic hydroxyl groups is 1. The molecule has 0 aliphatic rings. The molecule has 11 heavy (non-hydrogen) atoms. The first kappa shape index (κ1) is 10.9. The lowest BCUT2D eigenvalue weighted by Crippen LogP contribution is -2.26. The van der Waals surface area contributed by atoms with Gasteiger partial charge in [0.2, 0.25) is 0 Å². The van der Waals surface area contributed by atoms with Crippen molar-refractivity contribution in [3.63, 3.8) is 0 Å². The van der Waals surface area contributed by atoms with E-state index in [4.69, 9.17) is 10.8 Å². The summed E-state index contributed by atoms with van der Waals surface area (Å²) < 4.78 is 0. The van der Waals surface area contributed by atoms with Crippen LogP contribution in [0.5, 0.6) is 0 Å². The summed E-state index contributed by atoms with van der Waals surface area (Å²) in [6.07, 6.45) is 2.14. The second kappa shape index (κ2) is 5.56. The SMILES string of the molecule is CC(C)CC(C)CC(N)CO. The van der Waals surface area contributed by atoms with Crippen molar-refractivity contribution < 1.29 is 5.11 Å². The van der Waals surface area contributed by atoms with Crippen molar-refractivity contribution in [1.82, 2.24) is 0 Å². The first-order valence-corrected chi connectivity index (χ1v) is 4.42. The van der Waals surface area contributed by atoms with Gasteiger partial charge >= 0.3 is 0 Å². The molecule has 0 bridgehead atoms. The first-order valence-electron chi connectivity index (χ1n) is 4.42. The van der Waals surface area contributed by atoms with Crippen LogP contribution >= 0.6 is 0 Å². The smallest absolute Gasteiger partial charge is 0.0582 e. The molecule has 0 radical (unpaired) electrons. The van der Waals surface area contributed by atoms with Crippen molar-refractivity contribution in [2.45, 2.75) is 39.7 Å². The zero-order chi connectivity index (χ0) is 8.85. The van der Waals surface area contributed by atoms with Crippen LogP contribution in [0.4, 0.5) is 0 Å². The van der Waals surface area contributed by atoms with Crippen LogP contribution in [0, 0.1) is 11.8 Å². The summed E-state index contributed by atoms with van der Waals surface area (Å²) in [4.78, 5) is 0. The lowest BCUT2D eigenvalue weighted by molar-refractivity contribution is 0.241. The molecule has 0 aromatic rings. The third kappa shape index (κ3) is 6.32. The number of rotatable bonds is 5. The second-order valence-electron chi connectivity index (χ2n) is 3.91. The van der Waals surface area contributed by atoms with Crippen LogP contribution in [0.25, 0.3) is 0 Å². The Balaban J connectivity index is 3.43. The molecule has 0 amide bonds. The van der Waals surface area contributed by atoms with E-state index in [-0.39, 0.29) is 12.6 Å². The Morgan fingerprint density at radius 2 is 1.73 bits per heavy atom. The lowest BCUT2D eigenvalue weighted by Gasteiger charge is -2.16. The van der Waals surface area contributed by atoms with E-state index in [1.165, 1.54) is 6.42 Å². The Labute approximate surface area is 69.8 Å². The summed E-state index contributed by atoms with van der Waals surface area (Å²) in [6.45, 7) is 6.72. The third-order valence-electron chi connectivity index (χ3n) is 1.81. The number of aliphatic hydroxyl groups excluding tert-OH is 1. The molecular weight excluding hydrogens is 138 g/mol. The highest BCUT2D eigenvalue weighted by Gasteiger charge is 2.09. The normalized spacial score (nSPS) is 16.9. The van der Waals surface area contributed by atoms with E-state index >= 15 is 0 Å². The van der Waals surface area contributed by atoms with Gasteiger partial charge in [-0.25, -0.2) is 0 Å². The summed E-state index contributed by atoms with van der Waals surface area (Å²) in [7, 11) is 0. The molecule has 2 heteroatoms. The van der Waals surface area contributed by atoms with Crippen LogP contribution in [-0.2, 0) is 0 Å². The van der Waals surface area contributed by atoms with Crippen LogP contribution in [0.2, 0.25) is 0 Å². The fourth-order valence-corrected chi connectivity index (χ4v) is 1.49. The topological polar surface area (TPSA) is 46.2 Å². The fourth-order valence-electron chi connectivity index (χ4n) is 1.49. The van der Waals surface area contributed by atoms with Crippen molar-refractivity contribution >= 4 is 0 Å². The quantitative estimate of drug-likeness (QED) is 0.636. The van der Waals surface area contributed by atoms with Crippen molar-refractivity contribution in [2.24, 2.45) is 17.6 Å². The van der Waals surface area contributed by atoms with Gasteiger partial charge in [0.15, 0.2) is 0 Å². The summed E-state index contributed by atoms with van der Waals surface area (Å²) >= 11 is 0. The molecule has 0 saturated carbocycles. The largest absolute Gasteiger partial charge is 0.395 e. The molecule has 0 aromatic heterocycles.